The summed E-state index contributed by atoms with van der Waals surface area (Å²) < 4.78 is 5.14. The maximum Gasteiger partial charge on any atom is 0.410 e. The van der Waals surface area contributed by atoms with Crippen molar-refractivity contribution in [1.82, 2.24) is 4.90 Å². The summed E-state index contributed by atoms with van der Waals surface area (Å²) in [7, 11) is 0. The van der Waals surface area contributed by atoms with Crippen LogP contribution in [0.2, 0.25) is 0 Å². The highest BCUT2D eigenvalue weighted by Gasteiger charge is 2.28. The molecule has 0 radical (unpaired) electrons. The molecule has 5 nitrogen and oxygen atoms in total. The molecule has 1 aliphatic rings. The predicted octanol–water partition coefficient (Wildman–Crippen LogP) is 2.63. The highest BCUT2D eigenvalue weighted by Crippen LogP contribution is 2.17. The van der Waals surface area contributed by atoms with Crippen molar-refractivity contribution in [1.29, 1.82) is 0 Å². The lowest BCUT2D eigenvalue weighted by Gasteiger charge is -2.29. The number of nitrogens with zero attached hydrogens (tertiary/aromatic N) is 1. The topological polar surface area (TPSA) is 66.8 Å². The van der Waals surface area contributed by atoms with Crippen molar-refractivity contribution in [2.75, 3.05) is 19.7 Å². The Labute approximate surface area is 123 Å². The van der Waals surface area contributed by atoms with Crippen molar-refractivity contribution in [2.24, 2.45) is 5.92 Å². The van der Waals surface area contributed by atoms with Gasteiger partial charge in [-0.1, -0.05) is 36.4 Å². The van der Waals surface area contributed by atoms with E-state index in [0.717, 1.165) is 5.56 Å². The van der Waals surface area contributed by atoms with Crippen molar-refractivity contribution in [3.63, 3.8) is 0 Å². The van der Waals surface area contributed by atoms with E-state index in [1.807, 2.05) is 36.4 Å². The number of amides is 1. The van der Waals surface area contributed by atoms with Crippen LogP contribution in [-0.2, 0) is 9.53 Å². The van der Waals surface area contributed by atoms with Crippen LogP contribution in [0.5, 0.6) is 0 Å². The lowest BCUT2D eigenvalue weighted by Crippen LogP contribution is -2.42. The fourth-order valence-electron chi connectivity index (χ4n) is 2.30. The second-order valence-corrected chi connectivity index (χ2v) is 5.01. The number of hydrogen-bond donors (Lipinski definition) is 1. The third-order valence-electron chi connectivity index (χ3n) is 3.44. The second kappa shape index (κ2) is 7.47. The Morgan fingerprint density at radius 3 is 2.81 bits per heavy atom. The van der Waals surface area contributed by atoms with Crippen LogP contribution in [0.25, 0.3) is 6.08 Å². The molecule has 1 N–H and O–H groups in total. The molecular weight excluding hydrogens is 270 g/mol. The quantitative estimate of drug-likeness (QED) is 0.925. The minimum atomic E-state index is -0.850. The first kappa shape index (κ1) is 15.1. The van der Waals surface area contributed by atoms with Gasteiger partial charge in [0.25, 0.3) is 0 Å². The van der Waals surface area contributed by atoms with Crippen LogP contribution >= 0.6 is 0 Å². The highest BCUT2D eigenvalue weighted by atomic mass is 16.6. The molecule has 1 unspecified atom stereocenters. The Morgan fingerprint density at radius 2 is 2.10 bits per heavy atom. The van der Waals surface area contributed by atoms with Crippen molar-refractivity contribution < 1.29 is 19.4 Å². The van der Waals surface area contributed by atoms with Gasteiger partial charge in [-0.15, -0.1) is 0 Å². The zero-order valence-electron chi connectivity index (χ0n) is 11.8. The summed E-state index contributed by atoms with van der Waals surface area (Å²) in [6, 6.07) is 9.73. The summed E-state index contributed by atoms with van der Waals surface area (Å²) in [6.07, 6.45) is 4.52. The number of aliphatic carboxylic acids is 1. The normalized spacial score (nSPS) is 18.7. The summed E-state index contributed by atoms with van der Waals surface area (Å²) in [5.74, 6) is -1.33. The summed E-state index contributed by atoms with van der Waals surface area (Å²) in [6.45, 7) is 0.976. The molecule has 1 heterocycles. The van der Waals surface area contributed by atoms with Crippen LogP contribution < -0.4 is 0 Å². The molecule has 0 aromatic heterocycles. The molecule has 0 saturated carbocycles. The fourth-order valence-corrected chi connectivity index (χ4v) is 2.30. The van der Waals surface area contributed by atoms with E-state index in [0.29, 0.717) is 19.4 Å². The van der Waals surface area contributed by atoms with Crippen LogP contribution in [0.1, 0.15) is 18.4 Å². The number of carboxylic acid groups (broad SMARTS) is 1. The van der Waals surface area contributed by atoms with Gasteiger partial charge in [-0.3, -0.25) is 4.79 Å². The zero-order chi connectivity index (χ0) is 15.1. The van der Waals surface area contributed by atoms with E-state index in [4.69, 9.17) is 9.84 Å². The van der Waals surface area contributed by atoms with E-state index in [-0.39, 0.29) is 13.2 Å². The molecular formula is C16H19NO4. The van der Waals surface area contributed by atoms with Crippen LogP contribution in [0.15, 0.2) is 36.4 Å². The molecule has 0 spiro atoms. The molecule has 1 aliphatic heterocycles. The van der Waals surface area contributed by atoms with Gasteiger partial charge < -0.3 is 14.7 Å². The maximum atomic E-state index is 11.9. The van der Waals surface area contributed by atoms with E-state index in [1.54, 1.807) is 6.08 Å². The number of piperidine rings is 1. The van der Waals surface area contributed by atoms with Gasteiger partial charge >= 0.3 is 12.1 Å². The van der Waals surface area contributed by atoms with E-state index in [9.17, 15) is 9.59 Å². The molecule has 112 valence electrons. The van der Waals surface area contributed by atoms with Gasteiger partial charge in [0.2, 0.25) is 0 Å². The Kier molecular flexibility index (Phi) is 5.37. The first-order valence-corrected chi connectivity index (χ1v) is 7.03. The minimum absolute atomic E-state index is 0.183. The lowest BCUT2D eigenvalue weighted by molar-refractivity contribution is -0.143. The molecule has 1 aromatic carbocycles. The maximum absolute atomic E-state index is 11.9. The number of rotatable bonds is 4. The number of benzene rings is 1. The SMILES string of the molecule is O=C(O)C1CCCN(C(=O)OC/C=C/c2ccccc2)C1. The van der Waals surface area contributed by atoms with Crippen molar-refractivity contribution >= 4 is 18.1 Å². The standard InChI is InChI=1S/C16H19NO4/c18-15(19)14-9-4-10-17(12-14)16(20)21-11-5-8-13-6-2-1-3-7-13/h1-3,5-8,14H,4,9-12H2,(H,18,19)/b8-5+. The smallest absolute Gasteiger partial charge is 0.410 e. The first-order chi connectivity index (χ1) is 10.2. The number of hydrogen-bond acceptors (Lipinski definition) is 3. The zero-order valence-corrected chi connectivity index (χ0v) is 11.8. The molecule has 1 fully saturated rings. The third-order valence-corrected chi connectivity index (χ3v) is 3.44. The molecule has 0 bridgehead atoms. The summed E-state index contributed by atoms with van der Waals surface area (Å²) in [4.78, 5) is 24.3. The number of likely N-dealkylation sites (tertiary alicyclic amines) is 1. The number of carbonyl (C=O) groups excluding carboxylic acids is 1. The van der Waals surface area contributed by atoms with Gasteiger partial charge in [-0.25, -0.2) is 4.79 Å². The molecule has 1 saturated heterocycles. The summed E-state index contributed by atoms with van der Waals surface area (Å²) in [5, 5.41) is 8.99. The van der Waals surface area contributed by atoms with Gasteiger partial charge in [-0.2, -0.15) is 0 Å². The highest BCUT2D eigenvalue weighted by molar-refractivity contribution is 5.73. The first-order valence-electron chi connectivity index (χ1n) is 7.03. The van der Waals surface area contributed by atoms with Gasteiger partial charge in [0.15, 0.2) is 0 Å². The average Bonchev–Trinajstić information content (AvgIpc) is 2.52. The van der Waals surface area contributed by atoms with Crippen molar-refractivity contribution in [2.45, 2.75) is 12.8 Å². The largest absolute Gasteiger partial charge is 0.481 e. The lowest BCUT2D eigenvalue weighted by atomic mass is 9.99. The summed E-state index contributed by atoms with van der Waals surface area (Å²) in [5.41, 5.74) is 1.04. The Morgan fingerprint density at radius 1 is 1.33 bits per heavy atom. The summed E-state index contributed by atoms with van der Waals surface area (Å²) >= 11 is 0. The van der Waals surface area contributed by atoms with Gasteiger partial charge in [0, 0.05) is 13.1 Å². The average molecular weight is 289 g/mol. The molecule has 1 amide bonds. The number of ether oxygens (including phenoxy) is 1. The Hall–Kier alpha value is -2.30. The van der Waals surface area contributed by atoms with E-state index >= 15 is 0 Å². The Bertz CT molecular complexity index is 512. The van der Waals surface area contributed by atoms with Gasteiger partial charge in [0.05, 0.1) is 5.92 Å². The fraction of sp³-hybridized carbons (Fsp3) is 0.375. The van der Waals surface area contributed by atoms with E-state index < -0.39 is 18.0 Å². The number of carbonyl (C=O) groups is 2. The van der Waals surface area contributed by atoms with E-state index in [2.05, 4.69) is 0 Å². The van der Waals surface area contributed by atoms with Gasteiger partial charge in [-0.05, 0) is 24.5 Å². The van der Waals surface area contributed by atoms with E-state index in [1.165, 1.54) is 4.90 Å². The number of carboxylic acids is 1. The van der Waals surface area contributed by atoms with Gasteiger partial charge in [0.1, 0.15) is 6.61 Å². The van der Waals surface area contributed by atoms with Crippen LogP contribution in [0.3, 0.4) is 0 Å². The van der Waals surface area contributed by atoms with Crippen LogP contribution in [-0.4, -0.2) is 41.8 Å². The molecule has 2 rings (SSSR count). The molecule has 0 aliphatic carbocycles. The minimum Gasteiger partial charge on any atom is -0.481 e. The molecule has 21 heavy (non-hydrogen) atoms. The third kappa shape index (κ3) is 4.63. The monoisotopic (exact) mass is 289 g/mol. The predicted molar refractivity (Wildman–Crippen MR) is 78.8 cm³/mol. The van der Waals surface area contributed by atoms with Crippen LogP contribution in [0.4, 0.5) is 4.79 Å². The molecule has 5 heteroatoms. The van der Waals surface area contributed by atoms with Crippen LogP contribution in [0, 0.1) is 5.92 Å². The second-order valence-electron chi connectivity index (χ2n) is 5.01. The van der Waals surface area contributed by atoms with Crippen molar-refractivity contribution in [3.8, 4) is 0 Å². The molecule has 1 aromatic rings. The molecule has 1 atom stereocenters. The Balaban J connectivity index is 1.77. The van der Waals surface area contributed by atoms with Crippen molar-refractivity contribution in [3.05, 3.63) is 42.0 Å².